The second-order valence-electron chi connectivity index (χ2n) is 17.3. The van der Waals surface area contributed by atoms with Gasteiger partial charge < -0.3 is 40.3 Å². The third kappa shape index (κ3) is 31.1. The Morgan fingerprint density at radius 3 is 1.48 bits per heavy atom. The fourth-order valence-electron chi connectivity index (χ4n) is 7.62. The number of carbonyl (C=O) groups excluding carboxylic acids is 1. The third-order valence-electron chi connectivity index (χ3n) is 11.6. The normalized spacial score (nSPS) is 20.9. The minimum absolute atomic E-state index is 0.186. The van der Waals surface area contributed by atoms with E-state index >= 15 is 0 Å². The molecule has 1 amide bonds. The highest BCUT2D eigenvalue weighted by Crippen LogP contribution is 2.23. The van der Waals surface area contributed by atoms with Gasteiger partial charge in [-0.25, -0.2) is 0 Å². The lowest BCUT2D eigenvalue weighted by atomic mass is 9.99. The van der Waals surface area contributed by atoms with E-state index in [0.717, 1.165) is 51.4 Å². The Morgan fingerprint density at radius 2 is 1.00 bits per heavy atom. The molecule has 1 aliphatic rings. The monoisotopic (exact) mass is 848 g/mol. The van der Waals surface area contributed by atoms with Gasteiger partial charge in [0, 0.05) is 6.42 Å². The highest BCUT2D eigenvalue weighted by Gasteiger charge is 2.44. The number of hydrogen-bond acceptors (Lipinski definition) is 8. The highest BCUT2D eigenvalue weighted by molar-refractivity contribution is 5.76. The number of rotatable bonds is 41. The molecule has 9 heteroatoms. The topological polar surface area (TPSA) is 149 Å². The van der Waals surface area contributed by atoms with Gasteiger partial charge in [0.2, 0.25) is 5.91 Å². The minimum Gasteiger partial charge on any atom is -0.394 e. The Labute approximate surface area is 367 Å². The van der Waals surface area contributed by atoms with Gasteiger partial charge in [0.05, 0.1) is 25.4 Å². The molecule has 1 heterocycles. The minimum atomic E-state index is -1.56. The van der Waals surface area contributed by atoms with E-state index < -0.39 is 49.5 Å². The zero-order valence-electron chi connectivity index (χ0n) is 38.5. The lowest BCUT2D eigenvalue weighted by Gasteiger charge is -2.40. The number of aliphatic hydroxyl groups excluding tert-OH is 5. The zero-order valence-corrected chi connectivity index (χ0v) is 38.5. The standard InChI is InChI=1S/C51H93NO8/c1-3-5-7-9-10-11-12-13-14-15-16-17-18-19-20-21-22-23-24-25-26-27-28-29-30-31-32-33-34-35-36-37-39-41-47(55)52-44(45(54)40-38-8-6-4-2)43-59-51-50(58)49(57)48(56)46(42-53)60-51/h12-13,15-16,18-19,38,40,44-46,48-51,53-54,56-58H,3-11,14,17,20-37,39,41-43H2,1-2H3,(H,52,55)/b13-12-,16-15-,19-18-,40-38+. The largest absolute Gasteiger partial charge is 0.394 e. The number of nitrogens with one attached hydrogen (secondary N) is 1. The molecule has 7 atom stereocenters. The highest BCUT2D eigenvalue weighted by atomic mass is 16.7. The lowest BCUT2D eigenvalue weighted by molar-refractivity contribution is -0.302. The van der Waals surface area contributed by atoms with Crippen molar-refractivity contribution in [2.45, 2.75) is 256 Å². The van der Waals surface area contributed by atoms with Crippen molar-refractivity contribution >= 4 is 5.91 Å². The number of amides is 1. The second-order valence-corrected chi connectivity index (χ2v) is 17.3. The van der Waals surface area contributed by atoms with E-state index in [0.29, 0.717) is 6.42 Å². The summed E-state index contributed by atoms with van der Waals surface area (Å²) < 4.78 is 11.1. The lowest BCUT2D eigenvalue weighted by Crippen LogP contribution is -2.60. The summed E-state index contributed by atoms with van der Waals surface area (Å²) in [5.41, 5.74) is 0. The van der Waals surface area contributed by atoms with Gasteiger partial charge in [-0.2, -0.15) is 0 Å². The summed E-state index contributed by atoms with van der Waals surface area (Å²) in [4.78, 5) is 12.8. The summed E-state index contributed by atoms with van der Waals surface area (Å²) in [6.45, 7) is 3.60. The molecule has 0 spiro atoms. The van der Waals surface area contributed by atoms with E-state index in [1.807, 2.05) is 6.08 Å². The van der Waals surface area contributed by atoms with Gasteiger partial charge >= 0.3 is 0 Å². The van der Waals surface area contributed by atoms with Gasteiger partial charge in [0.15, 0.2) is 6.29 Å². The molecule has 6 N–H and O–H groups in total. The maximum atomic E-state index is 12.8. The number of unbranched alkanes of at least 4 members (excludes halogenated alkanes) is 25. The maximum absolute atomic E-state index is 12.8. The van der Waals surface area contributed by atoms with Gasteiger partial charge in [-0.1, -0.05) is 204 Å². The van der Waals surface area contributed by atoms with Crippen LogP contribution in [0.4, 0.5) is 0 Å². The van der Waals surface area contributed by atoms with Crippen LogP contribution in [0.25, 0.3) is 0 Å². The average molecular weight is 848 g/mol. The fraction of sp³-hybridized carbons (Fsp3) is 0.824. The quantitative estimate of drug-likeness (QED) is 0.0263. The fourth-order valence-corrected chi connectivity index (χ4v) is 7.62. The molecule has 0 aliphatic carbocycles. The first-order chi connectivity index (χ1) is 29.3. The van der Waals surface area contributed by atoms with Gasteiger partial charge in [0.1, 0.15) is 24.4 Å². The van der Waals surface area contributed by atoms with Crippen molar-refractivity contribution in [1.82, 2.24) is 5.32 Å². The molecule has 1 rings (SSSR count). The first-order valence-corrected chi connectivity index (χ1v) is 24.9. The molecule has 0 saturated carbocycles. The van der Waals surface area contributed by atoms with Crippen LogP contribution in [-0.2, 0) is 14.3 Å². The SMILES string of the molecule is CCCC/C=C/C(O)C(COC1OC(CO)C(O)C(O)C1O)NC(=O)CCCCCCCCCCCCCCCCCCCC/C=C\C/C=C\C/C=C\CCCCCCC. The van der Waals surface area contributed by atoms with Crippen LogP contribution in [0.2, 0.25) is 0 Å². The molecule has 0 aromatic rings. The average Bonchev–Trinajstić information content (AvgIpc) is 3.25. The van der Waals surface area contributed by atoms with Crippen LogP contribution in [-0.4, -0.2) is 87.5 Å². The van der Waals surface area contributed by atoms with E-state index in [1.165, 1.54) is 141 Å². The first-order valence-electron chi connectivity index (χ1n) is 24.9. The summed E-state index contributed by atoms with van der Waals surface area (Å²) in [7, 11) is 0. The summed E-state index contributed by atoms with van der Waals surface area (Å²) in [5.74, 6) is -0.186. The Hall–Kier alpha value is -1.85. The van der Waals surface area contributed by atoms with Crippen LogP contribution in [0, 0.1) is 0 Å². The van der Waals surface area contributed by atoms with Gasteiger partial charge in [-0.3, -0.25) is 4.79 Å². The van der Waals surface area contributed by atoms with E-state index in [1.54, 1.807) is 6.08 Å². The molecule has 1 fully saturated rings. The number of ether oxygens (including phenoxy) is 2. The van der Waals surface area contributed by atoms with E-state index in [2.05, 4.69) is 55.6 Å². The van der Waals surface area contributed by atoms with Crippen molar-refractivity contribution in [3.05, 3.63) is 48.6 Å². The third-order valence-corrected chi connectivity index (χ3v) is 11.6. The Kier molecular flexibility index (Phi) is 38.5. The van der Waals surface area contributed by atoms with Crippen LogP contribution in [0.15, 0.2) is 48.6 Å². The number of carbonyl (C=O) groups is 1. The number of allylic oxidation sites excluding steroid dienone is 7. The summed E-state index contributed by atoms with van der Waals surface area (Å²) in [6.07, 6.45) is 46.9. The van der Waals surface area contributed by atoms with Crippen molar-refractivity contribution < 1.29 is 39.8 Å². The molecule has 1 saturated heterocycles. The Balaban J connectivity index is 2.00. The summed E-state index contributed by atoms with van der Waals surface area (Å²) in [5, 5.41) is 53.6. The molecular weight excluding hydrogens is 755 g/mol. The molecular formula is C51H93NO8. The van der Waals surface area contributed by atoms with Gasteiger partial charge in [0.25, 0.3) is 0 Å². The van der Waals surface area contributed by atoms with E-state index in [-0.39, 0.29) is 12.5 Å². The summed E-state index contributed by atoms with van der Waals surface area (Å²) in [6, 6.07) is -0.799. The Bertz CT molecular complexity index is 1080. The van der Waals surface area contributed by atoms with Crippen LogP contribution in [0.3, 0.4) is 0 Å². The molecule has 0 bridgehead atoms. The molecule has 0 aromatic carbocycles. The Morgan fingerprint density at radius 1 is 0.567 bits per heavy atom. The molecule has 9 nitrogen and oxygen atoms in total. The van der Waals surface area contributed by atoms with Gasteiger partial charge in [-0.05, 0) is 51.4 Å². The maximum Gasteiger partial charge on any atom is 0.220 e. The van der Waals surface area contributed by atoms with Gasteiger partial charge in [-0.15, -0.1) is 0 Å². The smallest absolute Gasteiger partial charge is 0.220 e. The van der Waals surface area contributed by atoms with Crippen LogP contribution < -0.4 is 5.32 Å². The predicted molar refractivity (Wildman–Crippen MR) is 249 cm³/mol. The molecule has 1 aliphatic heterocycles. The van der Waals surface area contributed by atoms with Crippen LogP contribution in [0.1, 0.15) is 213 Å². The number of hydrogen-bond donors (Lipinski definition) is 6. The molecule has 7 unspecified atom stereocenters. The first kappa shape index (κ1) is 56.2. The molecule has 0 radical (unpaired) electrons. The van der Waals surface area contributed by atoms with Crippen molar-refractivity contribution in [3.8, 4) is 0 Å². The van der Waals surface area contributed by atoms with Crippen LogP contribution >= 0.6 is 0 Å². The van der Waals surface area contributed by atoms with Crippen molar-refractivity contribution in [2.75, 3.05) is 13.2 Å². The van der Waals surface area contributed by atoms with Crippen LogP contribution in [0.5, 0.6) is 0 Å². The molecule has 350 valence electrons. The number of aliphatic hydroxyl groups is 5. The second kappa shape index (κ2) is 41.2. The summed E-state index contributed by atoms with van der Waals surface area (Å²) >= 11 is 0. The van der Waals surface area contributed by atoms with Crippen molar-refractivity contribution in [3.63, 3.8) is 0 Å². The molecule has 0 aromatic heterocycles. The zero-order chi connectivity index (χ0) is 43.7. The van der Waals surface area contributed by atoms with E-state index in [9.17, 15) is 30.3 Å². The van der Waals surface area contributed by atoms with Crippen molar-refractivity contribution in [1.29, 1.82) is 0 Å². The predicted octanol–water partition coefficient (Wildman–Crippen LogP) is 11.0. The molecule has 60 heavy (non-hydrogen) atoms. The van der Waals surface area contributed by atoms with E-state index in [4.69, 9.17) is 9.47 Å². The van der Waals surface area contributed by atoms with Crippen molar-refractivity contribution in [2.24, 2.45) is 0 Å².